The largest absolute Gasteiger partial charge is 0.573 e. The van der Waals surface area contributed by atoms with Gasteiger partial charge in [-0.3, -0.25) is 4.79 Å². The van der Waals surface area contributed by atoms with Gasteiger partial charge in [0.1, 0.15) is 5.69 Å². The highest BCUT2D eigenvalue weighted by atomic mass is 19.4. The highest BCUT2D eigenvalue weighted by Gasteiger charge is 2.38. The molecule has 0 bridgehead atoms. The van der Waals surface area contributed by atoms with Gasteiger partial charge in [0.05, 0.1) is 12.5 Å². The maximum Gasteiger partial charge on any atom is 0.573 e. The first-order valence-corrected chi connectivity index (χ1v) is 4.50. The van der Waals surface area contributed by atoms with E-state index in [4.69, 9.17) is 5.26 Å². The Morgan fingerprint density at radius 1 is 1.26 bits per heavy atom. The first-order chi connectivity index (χ1) is 8.56. The van der Waals surface area contributed by atoms with Crippen molar-refractivity contribution in [1.29, 1.82) is 5.26 Å². The predicted octanol–water partition coefficient (Wildman–Crippen LogP) is 2.36. The summed E-state index contributed by atoms with van der Waals surface area (Å²) in [4.78, 5) is 12.9. The number of pyridine rings is 1. The van der Waals surface area contributed by atoms with Crippen LogP contribution in [-0.2, 0) is 12.6 Å². The number of halogens is 6. The standard InChI is InChI=1S/C9H4F6N2O2/c10-8(11,12)7-4(1-2-16)6(18)5(3-17-7)19-9(13,14)15/h3H,1H2,(H,17,18). The monoisotopic (exact) mass is 286 g/mol. The van der Waals surface area contributed by atoms with Gasteiger partial charge in [-0.05, 0) is 0 Å². The Balaban J connectivity index is 3.41. The van der Waals surface area contributed by atoms with Crippen LogP contribution in [0.3, 0.4) is 0 Å². The van der Waals surface area contributed by atoms with Gasteiger partial charge in [-0.15, -0.1) is 13.2 Å². The molecule has 0 radical (unpaired) electrons. The lowest BCUT2D eigenvalue weighted by atomic mass is 10.1. The minimum atomic E-state index is -5.23. The molecule has 0 aliphatic rings. The third kappa shape index (κ3) is 3.64. The van der Waals surface area contributed by atoms with E-state index in [1.807, 2.05) is 0 Å². The van der Waals surface area contributed by atoms with E-state index in [-0.39, 0.29) is 6.20 Å². The van der Waals surface area contributed by atoms with Gasteiger partial charge in [0.2, 0.25) is 5.43 Å². The molecule has 1 heterocycles. The van der Waals surface area contributed by atoms with Crippen LogP contribution in [0.1, 0.15) is 11.3 Å². The van der Waals surface area contributed by atoms with Crippen molar-refractivity contribution in [2.45, 2.75) is 19.0 Å². The van der Waals surface area contributed by atoms with Crippen LogP contribution in [0.4, 0.5) is 26.3 Å². The van der Waals surface area contributed by atoms with Gasteiger partial charge in [-0.2, -0.15) is 18.4 Å². The molecule has 0 unspecified atom stereocenters. The number of aromatic nitrogens is 1. The number of nitriles is 1. The van der Waals surface area contributed by atoms with E-state index >= 15 is 0 Å². The molecule has 104 valence electrons. The van der Waals surface area contributed by atoms with Gasteiger partial charge in [0.25, 0.3) is 0 Å². The smallest absolute Gasteiger partial charge is 0.400 e. The molecule has 4 nitrogen and oxygen atoms in total. The summed E-state index contributed by atoms with van der Waals surface area (Å²) < 4.78 is 76.4. The quantitative estimate of drug-likeness (QED) is 0.849. The molecule has 1 aromatic rings. The number of hydrogen-bond acceptors (Lipinski definition) is 3. The van der Waals surface area contributed by atoms with Gasteiger partial charge in [-0.25, -0.2) is 0 Å². The number of H-pyrrole nitrogens is 1. The Bertz CT molecular complexity index is 566. The molecular weight excluding hydrogens is 282 g/mol. The second kappa shape index (κ2) is 4.83. The summed E-state index contributed by atoms with van der Waals surface area (Å²) in [6.45, 7) is 0. The molecule has 1 N–H and O–H groups in total. The highest BCUT2D eigenvalue weighted by Crippen LogP contribution is 2.30. The Kier molecular flexibility index (Phi) is 3.78. The minimum absolute atomic E-state index is 0.152. The van der Waals surface area contributed by atoms with E-state index in [1.54, 1.807) is 0 Å². The lowest BCUT2D eigenvalue weighted by molar-refractivity contribution is -0.275. The summed E-state index contributed by atoms with van der Waals surface area (Å²) >= 11 is 0. The third-order valence-corrected chi connectivity index (χ3v) is 1.91. The Morgan fingerprint density at radius 3 is 2.26 bits per heavy atom. The van der Waals surface area contributed by atoms with Crippen LogP contribution < -0.4 is 10.2 Å². The van der Waals surface area contributed by atoms with Crippen LogP contribution in [0, 0.1) is 11.3 Å². The molecule has 0 aromatic carbocycles. The van der Waals surface area contributed by atoms with Crippen molar-refractivity contribution in [2.75, 3.05) is 0 Å². The minimum Gasteiger partial charge on any atom is -0.400 e. The summed E-state index contributed by atoms with van der Waals surface area (Å²) in [5, 5.41) is 8.32. The highest BCUT2D eigenvalue weighted by molar-refractivity contribution is 5.33. The van der Waals surface area contributed by atoms with Gasteiger partial charge >= 0.3 is 12.5 Å². The van der Waals surface area contributed by atoms with E-state index in [9.17, 15) is 31.1 Å². The molecule has 1 aromatic heterocycles. The molecule has 0 aliphatic heterocycles. The van der Waals surface area contributed by atoms with Crippen molar-refractivity contribution in [3.8, 4) is 11.8 Å². The van der Waals surface area contributed by atoms with Gasteiger partial charge in [0.15, 0.2) is 5.75 Å². The molecule has 0 saturated heterocycles. The molecule has 0 amide bonds. The maximum atomic E-state index is 12.5. The zero-order chi connectivity index (χ0) is 14.8. The molecule has 1 rings (SSSR count). The number of hydrogen-bond donors (Lipinski definition) is 1. The number of nitrogens with one attached hydrogen (secondary N) is 1. The zero-order valence-electron chi connectivity index (χ0n) is 8.82. The Morgan fingerprint density at radius 2 is 1.84 bits per heavy atom. The van der Waals surface area contributed by atoms with Crippen LogP contribution in [0.2, 0.25) is 0 Å². The maximum absolute atomic E-state index is 12.5. The summed E-state index contributed by atoms with van der Waals surface area (Å²) in [7, 11) is 0. The summed E-state index contributed by atoms with van der Waals surface area (Å²) in [5.41, 5.74) is -4.34. The molecule has 10 heteroatoms. The summed E-state index contributed by atoms with van der Waals surface area (Å²) in [6.07, 6.45) is -11.1. The van der Waals surface area contributed by atoms with Crippen LogP contribution in [0.15, 0.2) is 11.0 Å². The fraction of sp³-hybridized carbons (Fsp3) is 0.333. The van der Waals surface area contributed by atoms with Crippen molar-refractivity contribution >= 4 is 0 Å². The van der Waals surface area contributed by atoms with Crippen molar-refractivity contribution in [3.63, 3.8) is 0 Å². The first kappa shape index (κ1) is 14.9. The van der Waals surface area contributed by atoms with Gasteiger partial charge in [0, 0.05) is 11.8 Å². The van der Waals surface area contributed by atoms with Crippen LogP contribution in [-0.4, -0.2) is 11.3 Å². The van der Waals surface area contributed by atoms with Crippen molar-refractivity contribution in [1.82, 2.24) is 4.98 Å². The van der Waals surface area contributed by atoms with E-state index in [0.29, 0.717) is 0 Å². The van der Waals surface area contributed by atoms with E-state index < -0.39 is 41.4 Å². The molecule has 19 heavy (non-hydrogen) atoms. The van der Waals surface area contributed by atoms with Crippen molar-refractivity contribution < 1.29 is 31.1 Å². The van der Waals surface area contributed by atoms with Gasteiger partial charge < -0.3 is 9.72 Å². The number of rotatable bonds is 2. The van der Waals surface area contributed by atoms with Crippen molar-refractivity contribution in [2.24, 2.45) is 0 Å². The van der Waals surface area contributed by atoms with Gasteiger partial charge in [-0.1, -0.05) is 0 Å². The number of aromatic amines is 1. The lowest BCUT2D eigenvalue weighted by Crippen LogP contribution is -2.26. The first-order valence-electron chi connectivity index (χ1n) is 4.50. The SMILES string of the molecule is N#CCc1c(C(F)(F)F)[nH]cc(OC(F)(F)F)c1=O. The van der Waals surface area contributed by atoms with E-state index in [0.717, 1.165) is 0 Å². The Hall–Kier alpha value is -2.18. The average Bonchev–Trinajstić information content (AvgIpc) is 2.20. The van der Waals surface area contributed by atoms with Crippen LogP contribution in [0.5, 0.6) is 5.75 Å². The fourth-order valence-electron chi connectivity index (χ4n) is 1.25. The summed E-state index contributed by atoms with van der Waals surface area (Å²) in [6, 6.07) is 1.27. The number of alkyl halides is 6. The molecule has 0 fully saturated rings. The lowest BCUT2D eigenvalue weighted by Gasteiger charge is -2.13. The topological polar surface area (TPSA) is 65.9 Å². The zero-order valence-corrected chi connectivity index (χ0v) is 8.82. The third-order valence-electron chi connectivity index (χ3n) is 1.91. The van der Waals surface area contributed by atoms with E-state index in [1.165, 1.54) is 11.1 Å². The number of ether oxygens (including phenoxy) is 1. The van der Waals surface area contributed by atoms with Crippen LogP contribution >= 0.6 is 0 Å². The van der Waals surface area contributed by atoms with E-state index in [2.05, 4.69) is 4.74 Å². The number of nitrogens with zero attached hydrogens (tertiary/aromatic N) is 1. The normalized spacial score (nSPS) is 12.1. The average molecular weight is 286 g/mol. The second-order valence-corrected chi connectivity index (χ2v) is 3.22. The predicted molar refractivity (Wildman–Crippen MR) is 48.1 cm³/mol. The molecule has 0 saturated carbocycles. The fourth-order valence-corrected chi connectivity index (χ4v) is 1.25. The van der Waals surface area contributed by atoms with Crippen LogP contribution in [0.25, 0.3) is 0 Å². The molecule has 0 atom stereocenters. The summed E-state index contributed by atoms with van der Waals surface area (Å²) in [5.74, 6) is -1.36. The second-order valence-electron chi connectivity index (χ2n) is 3.22. The molecule has 0 spiro atoms. The molecule has 0 aliphatic carbocycles. The molecular formula is C9H4F6N2O2. The van der Waals surface area contributed by atoms with Crippen molar-refractivity contribution in [3.05, 3.63) is 27.7 Å². The Labute approximate surface area is 101 Å².